The Labute approximate surface area is 271 Å². The molecule has 0 spiro atoms. The number of ether oxygens (including phenoxy) is 1. The van der Waals surface area contributed by atoms with Crippen LogP contribution < -0.4 is 16.0 Å². The Morgan fingerprint density at radius 3 is 2.52 bits per heavy atom. The number of halogens is 5. The molecular weight excluding hydrogens is 636 g/mol. The Bertz CT molecular complexity index is 1290. The van der Waals surface area contributed by atoms with E-state index < -0.39 is 29.3 Å². The van der Waals surface area contributed by atoms with Gasteiger partial charge in [0.2, 0.25) is 0 Å². The number of nitrogens with zero attached hydrogens (tertiary/aromatic N) is 1. The summed E-state index contributed by atoms with van der Waals surface area (Å²) in [5, 5.41) is 9.27. The zero-order valence-corrected chi connectivity index (χ0v) is 27.8. The van der Waals surface area contributed by atoms with Crippen molar-refractivity contribution in [1.29, 1.82) is 0 Å². The summed E-state index contributed by atoms with van der Waals surface area (Å²) in [5.74, 6) is 0.162. The molecule has 1 saturated heterocycles. The lowest BCUT2D eigenvalue weighted by molar-refractivity contribution is -0.138. The van der Waals surface area contributed by atoms with Crippen LogP contribution in [0.25, 0.3) is 0 Å². The normalized spacial score (nSPS) is 16.1. The van der Waals surface area contributed by atoms with Crippen LogP contribution in [0.5, 0.6) is 0 Å². The maximum atomic E-state index is 14.2. The van der Waals surface area contributed by atoms with E-state index in [1.54, 1.807) is 44.7 Å². The van der Waals surface area contributed by atoms with Gasteiger partial charge in [-0.3, -0.25) is 9.69 Å². The van der Waals surface area contributed by atoms with Crippen LogP contribution in [0, 0.1) is 0 Å². The van der Waals surface area contributed by atoms with Gasteiger partial charge in [0.1, 0.15) is 5.60 Å². The first-order valence-corrected chi connectivity index (χ1v) is 16.4. The highest BCUT2D eigenvalue weighted by Gasteiger charge is 2.36. The van der Waals surface area contributed by atoms with Gasteiger partial charge in [-0.05, 0) is 100 Å². The summed E-state index contributed by atoms with van der Waals surface area (Å²) in [5.41, 5.74) is -0.900. The smallest absolute Gasteiger partial charge is 0.416 e. The zero-order chi connectivity index (χ0) is 32.5. The largest absolute Gasteiger partial charge is 0.444 e. The lowest BCUT2D eigenvalue weighted by Crippen LogP contribution is -2.46. The fraction of sp³-hybridized carbons (Fsp3) is 0.548. The second-order valence-corrected chi connectivity index (χ2v) is 13.8. The molecule has 1 heterocycles. The molecule has 0 radical (unpaired) electrons. The monoisotopic (exact) mass is 676 g/mol. The predicted molar refractivity (Wildman–Crippen MR) is 171 cm³/mol. The predicted octanol–water partition coefficient (Wildman–Crippen LogP) is 7.52. The summed E-state index contributed by atoms with van der Waals surface area (Å²) in [7, 11) is 0. The lowest BCUT2D eigenvalue weighted by Gasteiger charge is -2.34. The Kier molecular flexibility index (Phi) is 13.5. The average molecular weight is 678 g/mol. The number of piperidine rings is 1. The number of hydrogen-bond acceptors (Lipinski definition) is 6. The van der Waals surface area contributed by atoms with E-state index in [0.29, 0.717) is 37.6 Å². The number of alkyl halides is 3. The van der Waals surface area contributed by atoms with Crippen LogP contribution in [0.4, 0.5) is 18.0 Å². The quantitative estimate of drug-likeness (QED) is 0.159. The van der Waals surface area contributed by atoms with Crippen LogP contribution in [0.15, 0.2) is 35.2 Å². The van der Waals surface area contributed by atoms with Crippen molar-refractivity contribution in [3.05, 3.63) is 62.6 Å². The first kappa shape index (κ1) is 36.3. The summed E-state index contributed by atoms with van der Waals surface area (Å²) >= 11 is 14.1. The van der Waals surface area contributed by atoms with Crippen LogP contribution in [-0.4, -0.2) is 60.5 Å². The van der Waals surface area contributed by atoms with Crippen LogP contribution in [0.3, 0.4) is 0 Å². The van der Waals surface area contributed by atoms with Gasteiger partial charge in [0.25, 0.3) is 5.91 Å². The molecule has 0 unspecified atom stereocenters. The van der Waals surface area contributed by atoms with E-state index in [-0.39, 0.29) is 35.3 Å². The number of hydrogen-bond donors (Lipinski definition) is 3. The molecule has 244 valence electrons. The second kappa shape index (κ2) is 16.4. The van der Waals surface area contributed by atoms with Crippen LogP contribution >= 0.6 is 35.0 Å². The Hall–Kier alpha value is -2.18. The number of likely N-dealkylation sites (tertiary alicyclic amines) is 1. The molecule has 0 bridgehead atoms. The number of carbonyl (C=O) groups excluding carboxylic acids is 2. The summed E-state index contributed by atoms with van der Waals surface area (Å²) in [6.45, 7) is 9.77. The molecule has 2 aromatic carbocycles. The van der Waals surface area contributed by atoms with Gasteiger partial charge in [-0.25, -0.2) is 4.79 Å². The Morgan fingerprint density at radius 1 is 1.09 bits per heavy atom. The van der Waals surface area contributed by atoms with E-state index >= 15 is 0 Å². The van der Waals surface area contributed by atoms with E-state index in [2.05, 4.69) is 16.0 Å². The van der Waals surface area contributed by atoms with E-state index in [1.807, 2.05) is 17.9 Å². The van der Waals surface area contributed by atoms with Crippen molar-refractivity contribution in [3.8, 4) is 0 Å². The van der Waals surface area contributed by atoms with Crippen LogP contribution in [0.1, 0.15) is 74.0 Å². The molecular formula is C31H41Cl2F3N4O3S. The van der Waals surface area contributed by atoms with Gasteiger partial charge >= 0.3 is 12.3 Å². The van der Waals surface area contributed by atoms with Gasteiger partial charge < -0.3 is 20.7 Å². The highest BCUT2D eigenvalue weighted by atomic mass is 35.5. The topological polar surface area (TPSA) is 82.7 Å². The molecule has 44 heavy (non-hydrogen) atoms. The summed E-state index contributed by atoms with van der Waals surface area (Å²) in [6, 6.07) is 7.62. The number of rotatable bonds is 12. The third-order valence-electron chi connectivity index (χ3n) is 6.87. The van der Waals surface area contributed by atoms with E-state index in [0.717, 1.165) is 35.1 Å². The maximum Gasteiger partial charge on any atom is 0.416 e. The molecule has 1 aliphatic heterocycles. The first-order chi connectivity index (χ1) is 20.7. The van der Waals surface area contributed by atoms with Crippen molar-refractivity contribution >= 4 is 47.0 Å². The molecule has 2 amide bonds. The van der Waals surface area contributed by atoms with Gasteiger partial charge in [0.05, 0.1) is 5.56 Å². The highest BCUT2D eigenvalue weighted by molar-refractivity contribution is 7.99. The number of alkyl carbamates (subject to hydrolysis) is 1. The molecule has 1 atom stereocenters. The van der Waals surface area contributed by atoms with Crippen molar-refractivity contribution in [2.45, 2.75) is 82.8 Å². The van der Waals surface area contributed by atoms with Crippen molar-refractivity contribution in [3.63, 3.8) is 0 Å². The average Bonchev–Trinajstić information content (AvgIpc) is 2.92. The van der Waals surface area contributed by atoms with E-state index in [4.69, 9.17) is 27.9 Å². The minimum atomic E-state index is -4.69. The minimum absolute atomic E-state index is 0.00801. The maximum absolute atomic E-state index is 14.2. The number of amides is 2. The van der Waals surface area contributed by atoms with Gasteiger partial charge in [-0.1, -0.05) is 30.1 Å². The molecule has 1 fully saturated rings. The lowest BCUT2D eigenvalue weighted by atomic mass is 9.99. The molecule has 0 aliphatic carbocycles. The molecule has 3 N–H and O–H groups in total. The molecule has 2 aromatic rings. The van der Waals surface area contributed by atoms with Crippen LogP contribution in [-0.2, 0) is 24.0 Å². The van der Waals surface area contributed by atoms with Crippen molar-refractivity contribution in [1.82, 2.24) is 20.9 Å². The molecule has 13 heteroatoms. The molecule has 0 aromatic heterocycles. The molecule has 3 rings (SSSR count). The fourth-order valence-electron chi connectivity index (χ4n) is 4.93. The van der Waals surface area contributed by atoms with E-state index in [1.165, 1.54) is 6.07 Å². The third kappa shape index (κ3) is 11.6. The van der Waals surface area contributed by atoms with Gasteiger partial charge in [0, 0.05) is 52.7 Å². The fourth-order valence-corrected chi connectivity index (χ4v) is 6.20. The van der Waals surface area contributed by atoms with Crippen molar-refractivity contribution in [2.24, 2.45) is 0 Å². The minimum Gasteiger partial charge on any atom is -0.444 e. The first-order valence-electron chi connectivity index (χ1n) is 14.7. The standard InChI is InChI=1S/C31H41Cl2F3N4O3S/c1-5-44-27-10-9-22(32)14-21(27)17-39-28(41)20-15-25(31(34,35)36)24(26(33)16-20)19-40-13-6-8-23(18-40)37-11-7-12-38-29(42)43-30(2,3)4/h9-10,14-16,23,37H,5-8,11-13,17-19H2,1-4H3,(H,38,42)(H,39,41)/t23-/m0/s1. The number of benzene rings is 2. The summed E-state index contributed by atoms with van der Waals surface area (Å²) in [6.07, 6.45) is -2.78. The molecule has 0 saturated carbocycles. The molecule has 1 aliphatic rings. The Balaban J connectivity index is 1.61. The highest BCUT2D eigenvalue weighted by Crippen LogP contribution is 2.37. The number of nitrogens with one attached hydrogen (secondary N) is 3. The Morgan fingerprint density at radius 2 is 1.84 bits per heavy atom. The number of thioether (sulfide) groups is 1. The SMILES string of the molecule is CCSc1ccc(Cl)cc1CNC(=O)c1cc(Cl)c(CN2CCC[C@H](NCCCNC(=O)OC(C)(C)C)C2)c(C(F)(F)F)c1. The third-order valence-corrected chi connectivity index (χ3v) is 8.44. The van der Waals surface area contributed by atoms with Crippen molar-refractivity contribution in [2.75, 3.05) is 31.9 Å². The van der Waals surface area contributed by atoms with Crippen LogP contribution in [0.2, 0.25) is 10.0 Å². The summed E-state index contributed by atoms with van der Waals surface area (Å²) < 4.78 is 48.0. The second-order valence-electron chi connectivity index (χ2n) is 11.7. The van der Waals surface area contributed by atoms with Gasteiger partial charge in [0.15, 0.2) is 0 Å². The van der Waals surface area contributed by atoms with Crippen molar-refractivity contribution < 1.29 is 27.5 Å². The molecule has 7 nitrogen and oxygen atoms in total. The number of carbonyl (C=O) groups is 2. The van der Waals surface area contributed by atoms with Gasteiger partial charge in [-0.2, -0.15) is 13.2 Å². The summed E-state index contributed by atoms with van der Waals surface area (Å²) in [4.78, 5) is 27.6. The zero-order valence-electron chi connectivity index (χ0n) is 25.5. The van der Waals surface area contributed by atoms with E-state index in [9.17, 15) is 22.8 Å². The van der Waals surface area contributed by atoms with Gasteiger partial charge in [-0.15, -0.1) is 11.8 Å².